The van der Waals surface area contributed by atoms with Crippen molar-refractivity contribution in [1.29, 1.82) is 0 Å². The van der Waals surface area contributed by atoms with Crippen LogP contribution in [0, 0.1) is 0 Å². The first kappa shape index (κ1) is 24.3. The summed E-state index contributed by atoms with van der Waals surface area (Å²) in [5.41, 5.74) is 3.91. The van der Waals surface area contributed by atoms with E-state index in [1.807, 2.05) is 42.5 Å². The molecule has 180 valence electrons. The predicted octanol–water partition coefficient (Wildman–Crippen LogP) is 3.54. The number of phenolic OH excluding ortho intramolecular Hbond substituents is 1. The summed E-state index contributed by atoms with van der Waals surface area (Å²) >= 11 is 0. The van der Waals surface area contributed by atoms with Gasteiger partial charge in [0.2, 0.25) is 10.0 Å². The average molecular weight is 481 g/mol. The lowest BCUT2D eigenvalue weighted by molar-refractivity contribution is 0.262. The summed E-state index contributed by atoms with van der Waals surface area (Å²) in [5, 5.41) is 12.7. The molecule has 1 aliphatic heterocycles. The maximum Gasteiger partial charge on any atom is 0.211 e. The molecule has 4 rings (SSSR count). The van der Waals surface area contributed by atoms with Crippen LogP contribution in [-0.4, -0.2) is 53.2 Å². The fraction of sp³-hybridized carbons (Fsp3) is 0.385. The largest absolute Gasteiger partial charge is 0.508 e. The Kier molecular flexibility index (Phi) is 7.92. The van der Waals surface area contributed by atoms with Gasteiger partial charge in [-0.05, 0) is 67.6 Å². The molecule has 2 heterocycles. The Balaban J connectivity index is 1.44. The van der Waals surface area contributed by atoms with E-state index in [2.05, 4.69) is 10.3 Å². The summed E-state index contributed by atoms with van der Waals surface area (Å²) in [6, 6.07) is 17.1. The lowest BCUT2D eigenvalue weighted by Crippen LogP contribution is -2.47. The molecule has 2 aromatic carbocycles. The Labute approximate surface area is 201 Å². The highest BCUT2D eigenvalue weighted by atomic mass is 32.2. The standard InChI is InChI=1S/C26H32N4O3S/c1-34(32,33)30(23-8-4-15-27-18-23)19-21-6-2-7-22(17-21)25-14-16-28-26(29-25)9-3-5-20-10-12-24(31)13-11-20/h2,6-7,10-14,16-17,23,27,31H,3-5,8-9,15,18-19H2,1H3. The van der Waals surface area contributed by atoms with Gasteiger partial charge in [0, 0.05) is 37.3 Å². The first-order valence-electron chi connectivity index (χ1n) is 11.8. The number of aromatic hydroxyl groups is 1. The van der Waals surface area contributed by atoms with Gasteiger partial charge in [0.25, 0.3) is 0 Å². The number of phenols is 1. The van der Waals surface area contributed by atoms with Crippen molar-refractivity contribution in [3.8, 4) is 17.0 Å². The fourth-order valence-electron chi connectivity index (χ4n) is 4.40. The van der Waals surface area contributed by atoms with Crippen molar-refractivity contribution in [2.75, 3.05) is 19.3 Å². The molecule has 1 unspecified atom stereocenters. The second-order valence-electron chi connectivity index (χ2n) is 8.89. The van der Waals surface area contributed by atoms with Gasteiger partial charge in [-0.25, -0.2) is 18.4 Å². The van der Waals surface area contributed by atoms with Crippen molar-refractivity contribution < 1.29 is 13.5 Å². The van der Waals surface area contributed by atoms with Crippen LogP contribution in [-0.2, 0) is 29.4 Å². The monoisotopic (exact) mass is 480 g/mol. The number of sulfonamides is 1. The molecule has 0 amide bonds. The number of hydrogen-bond acceptors (Lipinski definition) is 6. The van der Waals surface area contributed by atoms with Crippen LogP contribution in [0.4, 0.5) is 0 Å². The molecule has 1 atom stereocenters. The van der Waals surface area contributed by atoms with Crippen molar-refractivity contribution in [3.05, 3.63) is 77.7 Å². The quantitative estimate of drug-likeness (QED) is 0.486. The molecule has 1 fully saturated rings. The smallest absolute Gasteiger partial charge is 0.211 e. The van der Waals surface area contributed by atoms with Gasteiger partial charge >= 0.3 is 0 Å². The van der Waals surface area contributed by atoms with Gasteiger partial charge in [-0.1, -0.05) is 30.3 Å². The number of piperidine rings is 1. The number of aryl methyl sites for hydroxylation is 2. The van der Waals surface area contributed by atoms with Crippen LogP contribution in [0.15, 0.2) is 60.8 Å². The van der Waals surface area contributed by atoms with E-state index >= 15 is 0 Å². The van der Waals surface area contributed by atoms with E-state index < -0.39 is 10.0 Å². The van der Waals surface area contributed by atoms with Crippen molar-refractivity contribution in [2.45, 2.75) is 44.7 Å². The predicted molar refractivity (Wildman–Crippen MR) is 134 cm³/mol. The van der Waals surface area contributed by atoms with E-state index in [1.54, 1.807) is 22.6 Å². The Morgan fingerprint density at radius 2 is 1.91 bits per heavy atom. The molecule has 1 saturated heterocycles. The van der Waals surface area contributed by atoms with E-state index in [0.29, 0.717) is 13.1 Å². The lowest BCUT2D eigenvalue weighted by Gasteiger charge is -2.33. The van der Waals surface area contributed by atoms with Crippen LogP contribution in [0.2, 0.25) is 0 Å². The molecule has 1 aliphatic rings. The lowest BCUT2D eigenvalue weighted by atomic mass is 10.1. The van der Waals surface area contributed by atoms with Gasteiger partial charge in [-0.2, -0.15) is 4.31 Å². The SMILES string of the molecule is CS(=O)(=O)N(Cc1cccc(-c2ccnc(CCCc3ccc(O)cc3)n2)c1)C1CCCNC1. The minimum absolute atomic E-state index is 0.0216. The Hall–Kier alpha value is -2.81. The molecule has 0 aliphatic carbocycles. The zero-order valence-corrected chi connectivity index (χ0v) is 20.3. The van der Waals surface area contributed by atoms with Crippen LogP contribution in [0.5, 0.6) is 5.75 Å². The minimum Gasteiger partial charge on any atom is -0.508 e. The summed E-state index contributed by atoms with van der Waals surface area (Å²) < 4.78 is 26.7. The molecule has 8 heteroatoms. The topological polar surface area (TPSA) is 95.4 Å². The summed E-state index contributed by atoms with van der Waals surface area (Å²) in [6.45, 7) is 1.98. The molecule has 0 spiro atoms. The second kappa shape index (κ2) is 11.1. The van der Waals surface area contributed by atoms with E-state index in [1.165, 1.54) is 11.8 Å². The molecule has 1 aromatic heterocycles. The van der Waals surface area contributed by atoms with Gasteiger partial charge < -0.3 is 10.4 Å². The zero-order valence-electron chi connectivity index (χ0n) is 19.5. The molecule has 3 aromatic rings. The number of nitrogens with zero attached hydrogens (tertiary/aromatic N) is 3. The first-order chi connectivity index (χ1) is 16.4. The zero-order chi connectivity index (χ0) is 24.0. The highest BCUT2D eigenvalue weighted by Gasteiger charge is 2.28. The second-order valence-corrected chi connectivity index (χ2v) is 10.8. The van der Waals surface area contributed by atoms with Gasteiger partial charge in [0.1, 0.15) is 11.6 Å². The van der Waals surface area contributed by atoms with Crippen molar-refractivity contribution in [3.63, 3.8) is 0 Å². The molecule has 0 radical (unpaired) electrons. The highest BCUT2D eigenvalue weighted by molar-refractivity contribution is 7.88. The normalized spacial score (nSPS) is 16.6. The summed E-state index contributed by atoms with van der Waals surface area (Å²) in [6.07, 6.45) is 7.48. The molecule has 34 heavy (non-hydrogen) atoms. The molecular formula is C26H32N4O3S. The number of nitrogens with one attached hydrogen (secondary N) is 1. The summed E-state index contributed by atoms with van der Waals surface area (Å²) in [5.74, 6) is 1.06. The van der Waals surface area contributed by atoms with Gasteiger partial charge in [0.05, 0.1) is 11.9 Å². The summed E-state index contributed by atoms with van der Waals surface area (Å²) in [7, 11) is -3.33. The van der Waals surface area contributed by atoms with E-state index in [-0.39, 0.29) is 11.8 Å². The molecule has 0 bridgehead atoms. The van der Waals surface area contributed by atoms with Gasteiger partial charge in [-0.15, -0.1) is 0 Å². The molecule has 2 N–H and O–H groups in total. The minimum atomic E-state index is -3.33. The fourth-order valence-corrected chi connectivity index (χ4v) is 5.50. The maximum absolute atomic E-state index is 12.5. The number of aromatic nitrogens is 2. The average Bonchev–Trinajstić information content (AvgIpc) is 2.84. The maximum atomic E-state index is 12.5. The Morgan fingerprint density at radius 3 is 2.65 bits per heavy atom. The van der Waals surface area contributed by atoms with Crippen LogP contribution >= 0.6 is 0 Å². The van der Waals surface area contributed by atoms with Crippen LogP contribution in [0.25, 0.3) is 11.3 Å². The van der Waals surface area contributed by atoms with E-state index in [9.17, 15) is 13.5 Å². The van der Waals surface area contributed by atoms with E-state index in [4.69, 9.17) is 4.98 Å². The molecule has 0 saturated carbocycles. The third-order valence-corrected chi connectivity index (χ3v) is 7.45. The third kappa shape index (κ3) is 6.62. The number of benzene rings is 2. The van der Waals surface area contributed by atoms with Gasteiger partial charge in [0.15, 0.2) is 0 Å². The van der Waals surface area contributed by atoms with E-state index in [0.717, 1.165) is 61.3 Å². The Bertz CT molecular complexity index is 1190. The van der Waals surface area contributed by atoms with Crippen LogP contribution in [0.1, 0.15) is 36.2 Å². The van der Waals surface area contributed by atoms with Gasteiger partial charge in [-0.3, -0.25) is 0 Å². The number of rotatable bonds is 9. The third-order valence-electron chi connectivity index (χ3n) is 6.17. The molecular weight excluding hydrogens is 448 g/mol. The Morgan fingerprint density at radius 1 is 1.09 bits per heavy atom. The summed E-state index contributed by atoms with van der Waals surface area (Å²) in [4.78, 5) is 9.18. The first-order valence-corrected chi connectivity index (χ1v) is 13.6. The van der Waals surface area contributed by atoms with Crippen LogP contribution in [0.3, 0.4) is 0 Å². The highest BCUT2D eigenvalue weighted by Crippen LogP contribution is 2.22. The van der Waals surface area contributed by atoms with Crippen molar-refractivity contribution >= 4 is 10.0 Å². The number of hydrogen-bond donors (Lipinski definition) is 2. The van der Waals surface area contributed by atoms with Crippen LogP contribution < -0.4 is 5.32 Å². The van der Waals surface area contributed by atoms with Crippen molar-refractivity contribution in [1.82, 2.24) is 19.6 Å². The molecule has 7 nitrogen and oxygen atoms in total. The van der Waals surface area contributed by atoms with Crippen molar-refractivity contribution in [2.24, 2.45) is 0 Å².